The van der Waals surface area contributed by atoms with E-state index in [2.05, 4.69) is 10.2 Å². The lowest BCUT2D eigenvalue weighted by molar-refractivity contribution is -0.128. The van der Waals surface area contributed by atoms with E-state index in [4.69, 9.17) is 5.73 Å². The van der Waals surface area contributed by atoms with E-state index in [1.807, 2.05) is 31.4 Å². The number of carbonyl (C=O) groups excluding carboxylic acids is 2. The van der Waals surface area contributed by atoms with E-state index in [1.165, 1.54) is 23.1 Å². The standard InChI is InChI=1S/C15H21N5O2S2/c1-9(2)12(14(22)19(3)4)24-15-18-17-13(10-6-5-7-23-10)20(15)8-11(16)21/h5-7,9,12H,8H2,1-4H3,(H2,16,21). The van der Waals surface area contributed by atoms with Crippen molar-refractivity contribution in [2.75, 3.05) is 14.1 Å². The smallest absolute Gasteiger partial charge is 0.237 e. The molecule has 1 unspecified atom stereocenters. The Balaban J connectivity index is 2.38. The number of aromatic nitrogens is 3. The van der Waals surface area contributed by atoms with Gasteiger partial charge in [0.05, 0.1) is 10.1 Å². The Kier molecular flexibility index (Phi) is 6.00. The second kappa shape index (κ2) is 7.80. The van der Waals surface area contributed by atoms with Gasteiger partial charge in [-0.05, 0) is 17.4 Å². The SMILES string of the molecule is CC(C)C(Sc1nnc(-c2cccs2)n1CC(N)=O)C(=O)N(C)C. The predicted molar refractivity (Wildman–Crippen MR) is 95.7 cm³/mol. The molecule has 0 bridgehead atoms. The maximum absolute atomic E-state index is 12.4. The van der Waals surface area contributed by atoms with E-state index in [0.717, 1.165) is 4.88 Å². The Morgan fingerprint density at radius 1 is 1.38 bits per heavy atom. The average Bonchev–Trinajstić information content (AvgIpc) is 3.13. The first-order valence-corrected chi connectivity index (χ1v) is 9.20. The third-order valence-electron chi connectivity index (χ3n) is 3.29. The largest absolute Gasteiger partial charge is 0.368 e. The molecule has 2 N–H and O–H groups in total. The van der Waals surface area contributed by atoms with Crippen LogP contribution in [-0.2, 0) is 16.1 Å². The van der Waals surface area contributed by atoms with Crippen LogP contribution in [0.1, 0.15) is 13.8 Å². The molecule has 0 aliphatic rings. The maximum Gasteiger partial charge on any atom is 0.237 e. The molecule has 24 heavy (non-hydrogen) atoms. The van der Waals surface area contributed by atoms with Crippen LogP contribution in [0.15, 0.2) is 22.7 Å². The highest BCUT2D eigenvalue weighted by molar-refractivity contribution is 8.00. The lowest BCUT2D eigenvalue weighted by atomic mass is 10.1. The Hall–Kier alpha value is -1.87. The molecular formula is C15H21N5O2S2. The Morgan fingerprint density at radius 2 is 2.08 bits per heavy atom. The van der Waals surface area contributed by atoms with Crippen molar-refractivity contribution in [1.82, 2.24) is 19.7 Å². The van der Waals surface area contributed by atoms with Crippen molar-refractivity contribution in [3.63, 3.8) is 0 Å². The van der Waals surface area contributed by atoms with Crippen molar-refractivity contribution in [3.05, 3.63) is 17.5 Å². The number of amides is 2. The highest BCUT2D eigenvalue weighted by Gasteiger charge is 2.28. The molecule has 7 nitrogen and oxygen atoms in total. The summed E-state index contributed by atoms with van der Waals surface area (Å²) < 4.78 is 1.68. The lowest BCUT2D eigenvalue weighted by Gasteiger charge is -2.22. The molecule has 2 rings (SSSR count). The fraction of sp³-hybridized carbons (Fsp3) is 0.467. The summed E-state index contributed by atoms with van der Waals surface area (Å²) in [5.41, 5.74) is 5.38. The predicted octanol–water partition coefficient (Wildman–Crippen LogP) is 1.70. The third kappa shape index (κ3) is 4.15. The molecule has 2 heterocycles. The Bertz CT molecular complexity index is 710. The van der Waals surface area contributed by atoms with Gasteiger partial charge in [-0.3, -0.25) is 14.2 Å². The number of thioether (sulfide) groups is 1. The minimum absolute atomic E-state index is 0.00120. The van der Waals surface area contributed by atoms with Crippen molar-refractivity contribution >= 4 is 34.9 Å². The molecule has 0 fully saturated rings. The van der Waals surface area contributed by atoms with Crippen molar-refractivity contribution in [2.24, 2.45) is 11.7 Å². The molecule has 0 saturated carbocycles. The fourth-order valence-electron chi connectivity index (χ4n) is 2.10. The normalized spacial score (nSPS) is 12.4. The minimum Gasteiger partial charge on any atom is -0.368 e. The van der Waals surface area contributed by atoms with Crippen molar-refractivity contribution in [2.45, 2.75) is 30.8 Å². The van der Waals surface area contributed by atoms with Gasteiger partial charge in [0.25, 0.3) is 0 Å². The monoisotopic (exact) mass is 367 g/mol. The zero-order valence-corrected chi connectivity index (χ0v) is 15.7. The Morgan fingerprint density at radius 3 is 2.58 bits per heavy atom. The van der Waals surface area contributed by atoms with Crippen LogP contribution in [-0.4, -0.2) is 50.8 Å². The third-order valence-corrected chi connectivity index (χ3v) is 5.67. The second-order valence-corrected chi connectivity index (χ2v) is 7.91. The van der Waals surface area contributed by atoms with Crippen LogP contribution in [0.5, 0.6) is 0 Å². The number of hydrogen-bond acceptors (Lipinski definition) is 6. The van der Waals surface area contributed by atoms with Gasteiger partial charge in [-0.15, -0.1) is 21.5 Å². The van der Waals surface area contributed by atoms with Gasteiger partial charge in [-0.2, -0.15) is 0 Å². The summed E-state index contributed by atoms with van der Waals surface area (Å²) in [5, 5.41) is 10.5. The van der Waals surface area contributed by atoms with Crippen molar-refractivity contribution in [3.8, 4) is 10.7 Å². The average molecular weight is 368 g/mol. The number of carbonyl (C=O) groups is 2. The van der Waals surface area contributed by atoms with Gasteiger partial charge in [0.1, 0.15) is 6.54 Å². The molecule has 0 aliphatic heterocycles. The van der Waals surface area contributed by atoms with E-state index in [0.29, 0.717) is 11.0 Å². The van der Waals surface area contributed by atoms with Crippen LogP contribution < -0.4 is 5.73 Å². The highest BCUT2D eigenvalue weighted by Crippen LogP contribution is 2.32. The summed E-state index contributed by atoms with van der Waals surface area (Å²) in [5.74, 6) is 0.218. The van der Waals surface area contributed by atoms with E-state index >= 15 is 0 Å². The van der Waals surface area contributed by atoms with Crippen molar-refractivity contribution < 1.29 is 9.59 Å². The molecule has 9 heteroatoms. The zero-order valence-electron chi connectivity index (χ0n) is 14.1. The van der Waals surface area contributed by atoms with Gasteiger partial charge in [0, 0.05) is 14.1 Å². The van der Waals surface area contributed by atoms with E-state index < -0.39 is 5.91 Å². The molecule has 1 atom stereocenters. The van der Waals surface area contributed by atoms with Gasteiger partial charge in [-0.1, -0.05) is 31.7 Å². The van der Waals surface area contributed by atoms with Gasteiger partial charge in [-0.25, -0.2) is 0 Å². The van der Waals surface area contributed by atoms with Gasteiger partial charge < -0.3 is 10.6 Å². The summed E-state index contributed by atoms with van der Waals surface area (Å²) in [6.07, 6.45) is 0. The van der Waals surface area contributed by atoms with E-state index in [-0.39, 0.29) is 23.6 Å². The highest BCUT2D eigenvalue weighted by atomic mass is 32.2. The zero-order chi connectivity index (χ0) is 17.9. The summed E-state index contributed by atoms with van der Waals surface area (Å²) in [6, 6.07) is 3.81. The molecule has 2 amide bonds. The summed E-state index contributed by atoms with van der Waals surface area (Å²) in [4.78, 5) is 26.3. The number of primary amides is 1. The molecule has 2 aromatic rings. The van der Waals surface area contributed by atoms with Gasteiger partial charge >= 0.3 is 0 Å². The number of rotatable bonds is 7. The van der Waals surface area contributed by atoms with Crippen LogP contribution >= 0.6 is 23.1 Å². The van der Waals surface area contributed by atoms with Gasteiger partial charge in [0.15, 0.2) is 11.0 Å². The number of hydrogen-bond donors (Lipinski definition) is 1. The first-order valence-electron chi connectivity index (χ1n) is 7.44. The molecule has 0 aromatic carbocycles. The Labute approximate surface area is 149 Å². The van der Waals surface area contributed by atoms with Crippen molar-refractivity contribution in [1.29, 1.82) is 0 Å². The molecule has 0 spiro atoms. The van der Waals surface area contributed by atoms with Crippen LogP contribution in [0, 0.1) is 5.92 Å². The van der Waals surface area contributed by atoms with Crippen LogP contribution in [0.2, 0.25) is 0 Å². The van der Waals surface area contributed by atoms with Crippen LogP contribution in [0.25, 0.3) is 10.7 Å². The quantitative estimate of drug-likeness (QED) is 0.752. The number of nitrogens with zero attached hydrogens (tertiary/aromatic N) is 4. The number of nitrogens with two attached hydrogens (primary N) is 1. The first kappa shape index (κ1) is 18.5. The minimum atomic E-state index is -0.477. The second-order valence-electron chi connectivity index (χ2n) is 5.85. The van der Waals surface area contributed by atoms with Crippen LogP contribution in [0.4, 0.5) is 0 Å². The first-order chi connectivity index (χ1) is 11.3. The summed E-state index contributed by atoms with van der Waals surface area (Å²) in [7, 11) is 3.45. The molecule has 0 aliphatic carbocycles. The fourth-order valence-corrected chi connectivity index (χ4v) is 4.00. The molecule has 0 saturated heterocycles. The lowest BCUT2D eigenvalue weighted by Crippen LogP contribution is -2.35. The summed E-state index contributed by atoms with van der Waals surface area (Å²) >= 11 is 2.82. The topological polar surface area (TPSA) is 94.1 Å². The maximum atomic E-state index is 12.4. The molecule has 2 aromatic heterocycles. The van der Waals surface area contributed by atoms with E-state index in [9.17, 15) is 9.59 Å². The van der Waals surface area contributed by atoms with Gasteiger partial charge in [0.2, 0.25) is 11.8 Å². The van der Waals surface area contributed by atoms with Crippen LogP contribution in [0.3, 0.4) is 0 Å². The molecule has 130 valence electrons. The number of thiophene rings is 1. The molecule has 0 radical (unpaired) electrons. The van der Waals surface area contributed by atoms with E-state index in [1.54, 1.807) is 23.6 Å². The summed E-state index contributed by atoms with van der Waals surface area (Å²) in [6.45, 7) is 3.94. The molecular weight excluding hydrogens is 346 g/mol.